The summed E-state index contributed by atoms with van der Waals surface area (Å²) in [5.74, 6) is -0.127. The quantitative estimate of drug-likeness (QED) is 0.611. The standard InChI is InChI=1S/C21H22N4O3S2/c1-15-12-16-4-2-3-5-17(16)13-25(15)14-20(26)23-18-6-8-19(9-7-18)30(27,28)24-21-22-10-11-29-21/h2-11,15H,12-14H2,1H3,(H,22,24)(H,23,26). The predicted molar refractivity (Wildman–Crippen MR) is 118 cm³/mol. The lowest BCUT2D eigenvalue weighted by Crippen LogP contribution is -2.42. The highest BCUT2D eigenvalue weighted by Crippen LogP contribution is 2.23. The molecule has 2 aromatic carbocycles. The molecule has 1 unspecified atom stereocenters. The number of rotatable bonds is 6. The normalized spacial score (nSPS) is 16.6. The zero-order chi connectivity index (χ0) is 21.1. The molecule has 1 aromatic heterocycles. The van der Waals surface area contributed by atoms with Crippen LogP contribution in [-0.2, 0) is 27.8 Å². The van der Waals surface area contributed by atoms with E-state index in [1.54, 1.807) is 17.5 Å². The van der Waals surface area contributed by atoms with Gasteiger partial charge in [-0.1, -0.05) is 24.3 Å². The fraction of sp³-hybridized carbons (Fsp3) is 0.238. The molecule has 2 N–H and O–H groups in total. The Morgan fingerprint density at radius 3 is 2.60 bits per heavy atom. The van der Waals surface area contributed by atoms with E-state index in [4.69, 9.17) is 0 Å². The third-order valence-electron chi connectivity index (χ3n) is 5.08. The molecule has 0 fully saturated rings. The molecule has 0 saturated carbocycles. The molecular formula is C21H22N4O3S2. The summed E-state index contributed by atoms with van der Waals surface area (Å²) in [5, 5.41) is 4.85. The smallest absolute Gasteiger partial charge is 0.263 e. The first-order valence-corrected chi connectivity index (χ1v) is 11.9. The molecule has 0 spiro atoms. The molecule has 156 valence electrons. The van der Waals surface area contributed by atoms with E-state index < -0.39 is 10.0 Å². The highest BCUT2D eigenvalue weighted by atomic mass is 32.2. The molecule has 0 bridgehead atoms. The lowest BCUT2D eigenvalue weighted by atomic mass is 9.95. The van der Waals surface area contributed by atoms with Crippen molar-refractivity contribution in [3.8, 4) is 0 Å². The van der Waals surface area contributed by atoms with Crippen LogP contribution in [0.15, 0.2) is 65.0 Å². The van der Waals surface area contributed by atoms with Crippen molar-refractivity contribution in [2.75, 3.05) is 16.6 Å². The zero-order valence-corrected chi connectivity index (χ0v) is 18.0. The second-order valence-electron chi connectivity index (χ2n) is 7.24. The molecule has 9 heteroatoms. The van der Waals surface area contributed by atoms with Gasteiger partial charge < -0.3 is 5.32 Å². The Bertz CT molecular complexity index is 1130. The minimum absolute atomic E-state index is 0.108. The number of nitrogens with zero attached hydrogens (tertiary/aromatic N) is 2. The molecule has 7 nitrogen and oxygen atoms in total. The molecule has 1 aliphatic heterocycles. The summed E-state index contributed by atoms with van der Waals surface area (Å²) in [6.07, 6.45) is 2.45. The second-order valence-corrected chi connectivity index (χ2v) is 9.82. The van der Waals surface area contributed by atoms with Gasteiger partial charge in [-0.05, 0) is 48.7 Å². The van der Waals surface area contributed by atoms with Gasteiger partial charge in [-0.25, -0.2) is 13.4 Å². The highest BCUT2D eigenvalue weighted by molar-refractivity contribution is 7.93. The first-order chi connectivity index (χ1) is 14.4. The van der Waals surface area contributed by atoms with Gasteiger partial charge in [0, 0.05) is 29.9 Å². The van der Waals surface area contributed by atoms with Crippen LogP contribution in [0.3, 0.4) is 0 Å². The summed E-state index contributed by atoms with van der Waals surface area (Å²) in [4.78, 5) is 18.7. The van der Waals surface area contributed by atoms with Gasteiger partial charge in [-0.2, -0.15) is 0 Å². The minimum atomic E-state index is -3.71. The number of carbonyl (C=O) groups is 1. The molecule has 1 aliphatic rings. The molecule has 1 amide bonds. The van der Waals surface area contributed by atoms with Crippen LogP contribution >= 0.6 is 11.3 Å². The van der Waals surface area contributed by atoms with Crippen molar-refractivity contribution in [1.82, 2.24) is 9.88 Å². The average molecular weight is 443 g/mol. The van der Waals surface area contributed by atoms with Crippen LogP contribution in [-0.4, -0.2) is 36.8 Å². The van der Waals surface area contributed by atoms with E-state index in [2.05, 4.69) is 39.0 Å². The summed E-state index contributed by atoms with van der Waals surface area (Å²) in [7, 11) is -3.71. The van der Waals surface area contributed by atoms with Gasteiger partial charge in [-0.3, -0.25) is 14.4 Å². The van der Waals surface area contributed by atoms with Crippen molar-refractivity contribution >= 4 is 38.1 Å². The van der Waals surface area contributed by atoms with Crippen LogP contribution in [0.2, 0.25) is 0 Å². The Kier molecular flexibility index (Phi) is 5.85. The third kappa shape index (κ3) is 4.69. The average Bonchev–Trinajstić information content (AvgIpc) is 3.21. The maximum atomic E-state index is 12.5. The van der Waals surface area contributed by atoms with E-state index in [1.807, 2.05) is 12.1 Å². The number of aromatic nitrogens is 1. The van der Waals surface area contributed by atoms with Gasteiger partial charge in [0.25, 0.3) is 10.0 Å². The maximum absolute atomic E-state index is 12.5. The Morgan fingerprint density at radius 1 is 1.17 bits per heavy atom. The zero-order valence-electron chi connectivity index (χ0n) is 16.4. The van der Waals surface area contributed by atoms with Crippen LogP contribution in [0.5, 0.6) is 0 Å². The summed E-state index contributed by atoms with van der Waals surface area (Å²) < 4.78 is 27.2. The van der Waals surface area contributed by atoms with E-state index >= 15 is 0 Å². The van der Waals surface area contributed by atoms with Crippen LogP contribution < -0.4 is 10.0 Å². The molecule has 3 aromatic rings. The van der Waals surface area contributed by atoms with E-state index in [1.165, 1.54) is 40.8 Å². The Hall–Kier alpha value is -2.75. The monoisotopic (exact) mass is 442 g/mol. The molecule has 4 rings (SSSR count). The van der Waals surface area contributed by atoms with Crippen molar-refractivity contribution in [2.24, 2.45) is 0 Å². The first-order valence-electron chi connectivity index (χ1n) is 9.54. The lowest BCUT2D eigenvalue weighted by molar-refractivity contribution is -0.118. The van der Waals surface area contributed by atoms with Crippen molar-refractivity contribution in [3.05, 3.63) is 71.2 Å². The van der Waals surface area contributed by atoms with Gasteiger partial charge in [0.05, 0.1) is 11.4 Å². The lowest BCUT2D eigenvalue weighted by Gasteiger charge is -2.34. The minimum Gasteiger partial charge on any atom is -0.325 e. The number of benzene rings is 2. The van der Waals surface area contributed by atoms with Crippen molar-refractivity contribution in [3.63, 3.8) is 0 Å². The van der Waals surface area contributed by atoms with E-state index in [9.17, 15) is 13.2 Å². The van der Waals surface area contributed by atoms with Crippen LogP contribution in [0.4, 0.5) is 10.8 Å². The Labute approximate surface area is 179 Å². The number of hydrogen-bond acceptors (Lipinski definition) is 6. The van der Waals surface area contributed by atoms with Crippen molar-refractivity contribution in [2.45, 2.75) is 30.8 Å². The van der Waals surface area contributed by atoms with Crippen LogP contribution in [0.1, 0.15) is 18.1 Å². The molecule has 0 radical (unpaired) electrons. The van der Waals surface area contributed by atoms with Crippen molar-refractivity contribution in [1.29, 1.82) is 0 Å². The summed E-state index contributed by atoms with van der Waals surface area (Å²) >= 11 is 1.21. The van der Waals surface area contributed by atoms with Gasteiger partial charge in [-0.15, -0.1) is 11.3 Å². The number of sulfonamides is 1. The van der Waals surface area contributed by atoms with Crippen LogP contribution in [0.25, 0.3) is 0 Å². The summed E-state index contributed by atoms with van der Waals surface area (Å²) in [6, 6.07) is 14.7. The number of nitrogens with one attached hydrogen (secondary N) is 2. The van der Waals surface area contributed by atoms with Gasteiger partial charge in [0.15, 0.2) is 5.13 Å². The third-order valence-corrected chi connectivity index (χ3v) is 7.25. The fourth-order valence-electron chi connectivity index (χ4n) is 3.49. The number of carbonyl (C=O) groups excluding carboxylic acids is 1. The molecule has 0 aliphatic carbocycles. The van der Waals surface area contributed by atoms with Gasteiger partial charge >= 0.3 is 0 Å². The topological polar surface area (TPSA) is 91.4 Å². The van der Waals surface area contributed by atoms with E-state index in [-0.39, 0.29) is 23.4 Å². The largest absolute Gasteiger partial charge is 0.325 e. The van der Waals surface area contributed by atoms with Gasteiger partial charge in [0.1, 0.15) is 0 Å². The van der Waals surface area contributed by atoms with Crippen molar-refractivity contribution < 1.29 is 13.2 Å². The van der Waals surface area contributed by atoms with E-state index in [0.717, 1.165) is 13.0 Å². The predicted octanol–water partition coefficient (Wildman–Crippen LogP) is 3.33. The first kappa shape index (κ1) is 20.5. The molecule has 1 atom stereocenters. The molecular weight excluding hydrogens is 420 g/mol. The van der Waals surface area contributed by atoms with Gasteiger partial charge in [0.2, 0.25) is 5.91 Å². The SMILES string of the molecule is CC1Cc2ccccc2CN1CC(=O)Nc1ccc(S(=O)(=O)Nc2nccs2)cc1. The number of hydrogen-bond donors (Lipinski definition) is 2. The molecule has 30 heavy (non-hydrogen) atoms. The number of fused-ring (bicyclic) bond motifs is 1. The molecule has 2 heterocycles. The number of thiazole rings is 1. The van der Waals surface area contributed by atoms with Crippen LogP contribution in [0, 0.1) is 0 Å². The maximum Gasteiger partial charge on any atom is 0.263 e. The number of anilines is 2. The van der Waals surface area contributed by atoms with E-state index in [0.29, 0.717) is 10.8 Å². The Morgan fingerprint density at radius 2 is 1.90 bits per heavy atom. The summed E-state index contributed by atoms with van der Waals surface area (Å²) in [6.45, 7) is 3.14. The summed E-state index contributed by atoms with van der Waals surface area (Å²) in [5.41, 5.74) is 3.15. The highest BCUT2D eigenvalue weighted by Gasteiger charge is 2.24. The second kappa shape index (κ2) is 8.55. The fourth-order valence-corrected chi connectivity index (χ4v) is 5.28. The molecule has 0 saturated heterocycles. The Balaban J connectivity index is 1.37. The number of amides is 1.